The number of rotatable bonds is 4. The molecule has 2 fully saturated rings. The van der Waals surface area contributed by atoms with E-state index >= 15 is 0 Å². The fourth-order valence-electron chi connectivity index (χ4n) is 4.25. The Morgan fingerprint density at radius 2 is 0.878 bits per heavy atom. The minimum atomic E-state index is -1.33. The van der Waals surface area contributed by atoms with Crippen LogP contribution in [0, 0.1) is 5.92 Å². The Labute approximate surface area is 246 Å². The first-order valence-corrected chi connectivity index (χ1v) is 14.7. The van der Waals surface area contributed by atoms with E-state index in [4.69, 9.17) is 14.6 Å². The molecule has 0 bridgehead atoms. The minimum Gasteiger partial charge on any atom is -0.394 e. The zero-order valence-electron chi connectivity index (χ0n) is 25.6. The van der Waals surface area contributed by atoms with Gasteiger partial charge in [0.15, 0.2) is 0 Å². The van der Waals surface area contributed by atoms with E-state index in [-0.39, 0.29) is 12.5 Å². The zero-order chi connectivity index (χ0) is 31.5. The molecular formula is C32H54O9. The summed E-state index contributed by atoms with van der Waals surface area (Å²) in [5.74, 6) is -0.282. The van der Waals surface area contributed by atoms with Crippen molar-refractivity contribution in [3.63, 3.8) is 0 Å². The number of aliphatic hydroxyl groups excluding tert-OH is 7. The van der Waals surface area contributed by atoms with Gasteiger partial charge >= 0.3 is 0 Å². The topological polar surface area (TPSA) is 160 Å². The van der Waals surface area contributed by atoms with E-state index in [9.17, 15) is 30.6 Å². The van der Waals surface area contributed by atoms with Gasteiger partial charge in [0.05, 0.1) is 25.4 Å². The smallest absolute Gasteiger partial charge is 0.113 e. The summed E-state index contributed by atoms with van der Waals surface area (Å²) >= 11 is 0. The molecule has 0 aliphatic carbocycles. The standard InChI is InChI=1S/C13H18O4.C12H16O5.C3H8.2C2H6/c1-8-10(7-14)17-13(12(16)11(8)15)9-5-3-2-4-6-9;13-6-8-9(14)10(15)11(16)12(17-8)7-4-2-1-3-5-7;1-3-2;2*1-2/h2-6,8,10-16H,7H2,1H3;1-5,8-16H,6H2;3H2,1-2H3;2*1-2H3/t8-,10-,11+,12+,13-;8-,9-,10+,11+,12-;;;/m11.../s1. The molecule has 41 heavy (non-hydrogen) atoms. The first-order valence-electron chi connectivity index (χ1n) is 14.7. The average molecular weight is 583 g/mol. The molecule has 0 spiro atoms. The second-order valence-corrected chi connectivity index (χ2v) is 9.40. The van der Waals surface area contributed by atoms with Gasteiger partial charge in [-0.1, -0.05) is 116 Å². The predicted molar refractivity (Wildman–Crippen MR) is 160 cm³/mol. The quantitative estimate of drug-likeness (QED) is 0.287. The van der Waals surface area contributed by atoms with Crippen LogP contribution >= 0.6 is 0 Å². The van der Waals surface area contributed by atoms with Crippen molar-refractivity contribution in [1.29, 1.82) is 0 Å². The highest BCUT2D eigenvalue weighted by atomic mass is 16.5. The van der Waals surface area contributed by atoms with Crippen LogP contribution in [0.4, 0.5) is 0 Å². The second kappa shape index (κ2) is 21.7. The summed E-state index contributed by atoms with van der Waals surface area (Å²) in [6.07, 6.45) is -7.08. The molecule has 2 aromatic rings. The molecule has 9 heteroatoms. The second-order valence-electron chi connectivity index (χ2n) is 9.40. The highest BCUT2D eigenvalue weighted by Gasteiger charge is 2.44. The molecule has 2 aliphatic heterocycles. The number of ether oxygens (including phenoxy) is 2. The van der Waals surface area contributed by atoms with Crippen LogP contribution in [0.2, 0.25) is 0 Å². The third-order valence-electron chi connectivity index (χ3n) is 6.44. The normalized spacial score (nSPS) is 32.2. The lowest BCUT2D eigenvalue weighted by molar-refractivity contribution is -0.231. The van der Waals surface area contributed by atoms with Gasteiger partial charge in [0, 0.05) is 5.92 Å². The fourth-order valence-corrected chi connectivity index (χ4v) is 4.25. The van der Waals surface area contributed by atoms with Crippen molar-refractivity contribution in [1.82, 2.24) is 0 Å². The summed E-state index contributed by atoms with van der Waals surface area (Å²) in [7, 11) is 0. The van der Waals surface area contributed by atoms with E-state index < -0.39 is 61.5 Å². The molecule has 0 saturated carbocycles. The summed E-state index contributed by atoms with van der Waals surface area (Å²) in [5, 5.41) is 67.3. The minimum absolute atomic E-state index is 0.158. The van der Waals surface area contributed by atoms with Crippen LogP contribution in [0.15, 0.2) is 60.7 Å². The first kappa shape index (κ1) is 39.1. The van der Waals surface area contributed by atoms with Crippen LogP contribution in [0.25, 0.3) is 0 Å². The highest BCUT2D eigenvalue weighted by Crippen LogP contribution is 2.35. The predicted octanol–water partition coefficient (Wildman–Crippen LogP) is 3.15. The average Bonchev–Trinajstić information content (AvgIpc) is 3.03. The van der Waals surface area contributed by atoms with Crippen molar-refractivity contribution in [2.75, 3.05) is 13.2 Å². The molecule has 2 saturated heterocycles. The van der Waals surface area contributed by atoms with E-state index in [1.807, 2.05) is 64.1 Å². The van der Waals surface area contributed by atoms with E-state index in [1.165, 1.54) is 6.42 Å². The van der Waals surface area contributed by atoms with Crippen LogP contribution in [0.3, 0.4) is 0 Å². The van der Waals surface area contributed by atoms with Gasteiger partial charge in [0.25, 0.3) is 0 Å². The summed E-state index contributed by atoms with van der Waals surface area (Å²) in [6.45, 7) is 13.4. The Bertz CT molecular complexity index is 794. The first-order chi connectivity index (χ1) is 19.7. The summed E-state index contributed by atoms with van der Waals surface area (Å²) in [5.41, 5.74) is 1.51. The van der Waals surface area contributed by atoms with Crippen molar-refractivity contribution in [3.05, 3.63) is 71.8 Å². The molecule has 0 unspecified atom stereocenters. The van der Waals surface area contributed by atoms with E-state index in [0.717, 1.165) is 5.56 Å². The Hall–Kier alpha value is -1.92. The lowest BCUT2D eigenvalue weighted by Gasteiger charge is -2.41. The Kier molecular flexibility index (Phi) is 20.7. The lowest BCUT2D eigenvalue weighted by atomic mass is 9.86. The fraction of sp³-hybridized carbons (Fsp3) is 0.625. The third kappa shape index (κ3) is 11.4. The Morgan fingerprint density at radius 3 is 1.24 bits per heavy atom. The third-order valence-corrected chi connectivity index (χ3v) is 6.44. The van der Waals surface area contributed by atoms with Crippen molar-refractivity contribution in [2.45, 2.75) is 110 Å². The molecule has 2 heterocycles. The van der Waals surface area contributed by atoms with E-state index in [2.05, 4.69) is 13.8 Å². The molecule has 0 radical (unpaired) electrons. The molecule has 2 aromatic carbocycles. The monoisotopic (exact) mass is 582 g/mol. The van der Waals surface area contributed by atoms with E-state index in [1.54, 1.807) is 31.2 Å². The summed E-state index contributed by atoms with van der Waals surface area (Å²) in [4.78, 5) is 0. The molecule has 10 atom stereocenters. The van der Waals surface area contributed by atoms with Gasteiger partial charge in [-0.15, -0.1) is 0 Å². The maximum absolute atomic E-state index is 10.0. The van der Waals surface area contributed by atoms with Gasteiger partial charge in [-0.25, -0.2) is 0 Å². The van der Waals surface area contributed by atoms with Crippen LogP contribution < -0.4 is 0 Å². The van der Waals surface area contributed by atoms with Crippen LogP contribution in [0.1, 0.15) is 78.2 Å². The maximum atomic E-state index is 10.0. The van der Waals surface area contributed by atoms with Crippen LogP contribution in [-0.2, 0) is 9.47 Å². The SMILES string of the molecule is CC.CC.CCC.C[C@H]1[C@H](O)[C@H](O)[C@@H](c2ccccc2)O[C@@H]1CO.OC[C@H]1O[C@H](c2ccccc2)[C@@H](O)[C@@H](O)[C@@H]1O. The highest BCUT2D eigenvalue weighted by molar-refractivity contribution is 5.21. The maximum Gasteiger partial charge on any atom is 0.113 e. The zero-order valence-corrected chi connectivity index (χ0v) is 25.6. The number of hydrogen-bond donors (Lipinski definition) is 7. The van der Waals surface area contributed by atoms with Gasteiger partial charge in [-0.3, -0.25) is 0 Å². The van der Waals surface area contributed by atoms with Crippen molar-refractivity contribution >= 4 is 0 Å². The van der Waals surface area contributed by atoms with Gasteiger partial charge in [0.1, 0.15) is 42.7 Å². The van der Waals surface area contributed by atoms with Gasteiger partial charge < -0.3 is 45.2 Å². The van der Waals surface area contributed by atoms with Crippen LogP contribution in [0.5, 0.6) is 0 Å². The Morgan fingerprint density at radius 1 is 0.537 bits per heavy atom. The number of benzene rings is 2. The lowest BCUT2D eigenvalue weighted by Crippen LogP contribution is -2.55. The molecular weight excluding hydrogens is 528 g/mol. The molecule has 2 aliphatic rings. The molecule has 0 aromatic heterocycles. The molecule has 0 amide bonds. The van der Waals surface area contributed by atoms with Gasteiger partial charge in [-0.2, -0.15) is 0 Å². The largest absolute Gasteiger partial charge is 0.394 e. The Balaban J connectivity index is 0.000000642. The number of hydrogen-bond acceptors (Lipinski definition) is 9. The molecule has 236 valence electrons. The van der Waals surface area contributed by atoms with Gasteiger partial charge in [-0.05, 0) is 11.1 Å². The summed E-state index contributed by atoms with van der Waals surface area (Å²) in [6, 6.07) is 18.2. The van der Waals surface area contributed by atoms with Crippen molar-refractivity contribution in [3.8, 4) is 0 Å². The molecule has 9 nitrogen and oxygen atoms in total. The van der Waals surface area contributed by atoms with E-state index in [0.29, 0.717) is 5.56 Å². The molecule has 4 rings (SSSR count). The number of aliphatic hydroxyl groups is 7. The van der Waals surface area contributed by atoms with Crippen LogP contribution in [-0.4, -0.2) is 91.7 Å². The summed E-state index contributed by atoms with van der Waals surface area (Å²) < 4.78 is 11.1. The van der Waals surface area contributed by atoms with Gasteiger partial charge in [0.2, 0.25) is 0 Å². The molecule has 7 N–H and O–H groups in total. The van der Waals surface area contributed by atoms with Crippen molar-refractivity contribution < 1.29 is 45.2 Å². The van der Waals surface area contributed by atoms with Crippen molar-refractivity contribution in [2.24, 2.45) is 5.92 Å².